The third-order valence-electron chi connectivity index (χ3n) is 5.23. The number of methoxy groups -OCH3 is 1. The first-order chi connectivity index (χ1) is 13.7. The van der Waals surface area contributed by atoms with Crippen LogP contribution in [0.2, 0.25) is 5.02 Å². The van der Waals surface area contributed by atoms with Gasteiger partial charge in [0.15, 0.2) is 5.69 Å². The number of carboxylic acid groups (broad SMARTS) is 1. The van der Waals surface area contributed by atoms with Gasteiger partial charge in [-0.15, -0.1) is 0 Å². The van der Waals surface area contributed by atoms with Crippen LogP contribution < -0.4 is 9.64 Å². The normalized spacial score (nSPS) is 18.7. The lowest BCUT2D eigenvalue weighted by molar-refractivity contribution is -0.0383. The van der Waals surface area contributed by atoms with Crippen molar-refractivity contribution in [1.82, 2.24) is 14.7 Å². The highest BCUT2D eigenvalue weighted by molar-refractivity contribution is 9.10. The second-order valence-corrected chi connectivity index (χ2v) is 8.27. The van der Waals surface area contributed by atoms with Gasteiger partial charge < -0.3 is 19.8 Å². The molecule has 29 heavy (non-hydrogen) atoms. The van der Waals surface area contributed by atoms with Crippen LogP contribution in [0.1, 0.15) is 23.1 Å². The quantitative estimate of drug-likeness (QED) is 0.647. The molecule has 0 saturated carbocycles. The zero-order chi connectivity index (χ0) is 21.3. The van der Waals surface area contributed by atoms with E-state index in [1.54, 1.807) is 14.0 Å². The van der Waals surface area contributed by atoms with E-state index in [4.69, 9.17) is 16.3 Å². The van der Waals surface area contributed by atoms with E-state index >= 15 is 0 Å². The van der Waals surface area contributed by atoms with Crippen molar-refractivity contribution in [2.45, 2.75) is 32.7 Å². The number of halogens is 2. The maximum absolute atomic E-state index is 11.3. The first kappa shape index (κ1) is 21.9. The zero-order valence-electron chi connectivity index (χ0n) is 16.5. The molecule has 10 heteroatoms. The predicted molar refractivity (Wildman–Crippen MR) is 114 cm³/mol. The molecule has 0 aliphatic carbocycles. The van der Waals surface area contributed by atoms with Gasteiger partial charge in [-0.25, -0.2) is 4.79 Å². The van der Waals surface area contributed by atoms with Crippen LogP contribution in [0.25, 0.3) is 0 Å². The smallest absolute Gasteiger partial charge is 0.357 e. The number of ether oxygens (including phenoxy) is 1. The second-order valence-electron chi connectivity index (χ2n) is 7.07. The summed E-state index contributed by atoms with van der Waals surface area (Å²) in [7, 11) is 1.59. The van der Waals surface area contributed by atoms with Crippen molar-refractivity contribution < 1.29 is 19.7 Å². The summed E-state index contributed by atoms with van der Waals surface area (Å²) >= 11 is 9.38. The summed E-state index contributed by atoms with van der Waals surface area (Å²) in [5.74, 6) is -0.471. The molecule has 2 atom stereocenters. The molecule has 0 spiro atoms. The topological polar surface area (TPSA) is 91.1 Å². The molecule has 2 N–H and O–H groups in total. The minimum absolute atomic E-state index is 0.0516. The second kappa shape index (κ2) is 8.91. The summed E-state index contributed by atoms with van der Waals surface area (Å²) in [5, 5.41) is 24.7. The molecule has 2 aromatic rings. The number of aliphatic hydroxyl groups is 1. The number of nitrogens with zero attached hydrogens (tertiary/aromatic N) is 4. The summed E-state index contributed by atoms with van der Waals surface area (Å²) in [5.41, 5.74) is 1.63. The average Bonchev–Trinajstić information content (AvgIpc) is 2.96. The Balaban J connectivity index is 1.68. The molecular formula is C19H24BrClN4O4. The highest BCUT2D eigenvalue weighted by atomic mass is 79.9. The number of aromatic carboxylic acids is 1. The number of hydrogen-bond acceptors (Lipinski definition) is 6. The fraction of sp³-hybridized carbons (Fsp3) is 0.474. The Morgan fingerprint density at radius 1 is 1.45 bits per heavy atom. The average molecular weight is 488 g/mol. The number of benzene rings is 1. The lowest BCUT2D eigenvalue weighted by Crippen LogP contribution is -2.56. The summed E-state index contributed by atoms with van der Waals surface area (Å²) in [6.45, 7) is 6.12. The Kier molecular flexibility index (Phi) is 6.72. The van der Waals surface area contributed by atoms with Gasteiger partial charge in [0.05, 0.1) is 28.8 Å². The molecule has 1 aromatic carbocycles. The van der Waals surface area contributed by atoms with Gasteiger partial charge >= 0.3 is 5.97 Å². The molecule has 0 bridgehead atoms. The highest BCUT2D eigenvalue weighted by Gasteiger charge is 2.30. The first-order valence-electron chi connectivity index (χ1n) is 9.21. The fourth-order valence-electron chi connectivity index (χ4n) is 3.59. The van der Waals surface area contributed by atoms with E-state index in [1.807, 2.05) is 23.1 Å². The van der Waals surface area contributed by atoms with Crippen LogP contribution in [0.3, 0.4) is 0 Å². The van der Waals surface area contributed by atoms with Crippen LogP contribution in [0, 0.1) is 6.92 Å². The first-order valence-corrected chi connectivity index (χ1v) is 10.4. The minimum Gasteiger partial charge on any atom is -0.495 e. The van der Waals surface area contributed by atoms with E-state index in [0.717, 1.165) is 18.8 Å². The van der Waals surface area contributed by atoms with Crippen molar-refractivity contribution in [3.05, 3.63) is 39.1 Å². The van der Waals surface area contributed by atoms with Crippen LogP contribution in [0.5, 0.6) is 5.75 Å². The maximum atomic E-state index is 11.3. The van der Waals surface area contributed by atoms with E-state index in [9.17, 15) is 15.0 Å². The minimum atomic E-state index is -1.10. The molecule has 1 aliphatic heterocycles. The summed E-state index contributed by atoms with van der Waals surface area (Å²) < 4.78 is 7.27. The van der Waals surface area contributed by atoms with Crippen LogP contribution in [-0.2, 0) is 6.54 Å². The zero-order valence-corrected chi connectivity index (χ0v) is 18.8. The lowest BCUT2D eigenvalue weighted by Gasteiger charge is -2.43. The van der Waals surface area contributed by atoms with Crippen LogP contribution >= 0.6 is 27.5 Å². The number of carboxylic acids is 1. The van der Waals surface area contributed by atoms with Crippen molar-refractivity contribution >= 4 is 39.2 Å². The number of rotatable bonds is 6. The van der Waals surface area contributed by atoms with Gasteiger partial charge in [0.2, 0.25) is 0 Å². The Labute approximate surface area is 182 Å². The van der Waals surface area contributed by atoms with Crippen LogP contribution in [-0.4, -0.2) is 69.9 Å². The third kappa shape index (κ3) is 4.53. The Morgan fingerprint density at radius 2 is 2.17 bits per heavy atom. The Bertz CT molecular complexity index is 907. The number of carbonyl (C=O) groups is 1. The SMILES string of the molecule is COc1cc(N2CCN(C(O)Cn3nc(C(=O)O)c(Br)c3C)C(C)C2)ccc1Cl. The van der Waals surface area contributed by atoms with Gasteiger partial charge in [-0.1, -0.05) is 11.6 Å². The molecule has 1 fully saturated rings. The van der Waals surface area contributed by atoms with Crippen molar-refractivity contribution in [1.29, 1.82) is 0 Å². The van der Waals surface area contributed by atoms with E-state index in [0.29, 0.717) is 27.5 Å². The lowest BCUT2D eigenvalue weighted by atomic mass is 10.1. The molecule has 2 unspecified atom stereocenters. The molecule has 1 saturated heterocycles. The van der Waals surface area contributed by atoms with E-state index in [2.05, 4.69) is 32.9 Å². The van der Waals surface area contributed by atoms with Gasteiger partial charge in [-0.05, 0) is 41.9 Å². The van der Waals surface area contributed by atoms with Gasteiger partial charge in [-0.3, -0.25) is 9.58 Å². The standard InChI is InChI=1S/C19H24BrClN4O4/c1-11-9-23(13-4-5-14(21)15(8-13)29-3)6-7-24(11)16(26)10-25-12(2)17(20)18(22-25)19(27)28/h4-5,8,11,16,26H,6-7,9-10H2,1-3H3,(H,27,28). The number of piperazine rings is 1. The van der Waals surface area contributed by atoms with Gasteiger partial charge in [0.1, 0.15) is 12.0 Å². The van der Waals surface area contributed by atoms with Crippen molar-refractivity contribution in [3.8, 4) is 5.75 Å². The van der Waals surface area contributed by atoms with E-state index in [-0.39, 0.29) is 18.3 Å². The van der Waals surface area contributed by atoms with Gasteiger partial charge in [0.25, 0.3) is 0 Å². The number of anilines is 1. The van der Waals surface area contributed by atoms with Gasteiger partial charge in [0, 0.05) is 37.4 Å². The summed E-state index contributed by atoms with van der Waals surface area (Å²) in [6, 6.07) is 5.78. The Hall–Kier alpha value is -1.81. The Morgan fingerprint density at radius 3 is 2.76 bits per heavy atom. The molecule has 158 valence electrons. The predicted octanol–water partition coefficient (Wildman–Crippen LogP) is 2.84. The van der Waals surface area contributed by atoms with Crippen molar-refractivity contribution in [2.75, 3.05) is 31.6 Å². The molecule has 8 nitrogen and oxygen atoms in total. The summed E-state index contributed by atoms with van der Waals surface area (Å²) in [6.07, 6.45) is -0.779. The number of hydrogen-bond donors (Lipinski definition) is 2. The molecule has 2 heterocycles. The van der Waals surface area contributed by atoms with E-state index in [1.165, 1.54) is 4.68 Å². The number of aromatic nitrogens is 2. The molecular weight excluding hydrogens is 464 g/mol. The van der Waals surface area contributed by atoms with Crippen molar-refractivity contribution in [3.63, 3.8) is 0 Å². The fourth-order valence-corrected chi connectivity index (χ4v) is 4.24. The van der Waals surface area contributed by atoms with Crippen LogP contribution in [0.15, 0.2) is 22.7 Å². The number of aliphatic hydroxyl groups excluding tert-OH is 1. The van der Waals surface area contributed by atoms with Crippen molar-refractivity contribution in [2.24, 2.45) is 0 Å². The largest absolute Gasteiger partial charge is 0.495 e. The molecule has 0 radical (unpaired) electrons. The molecule has 3 rings (SSSR count). The molecule has 0 amide bonds. The van der Waals surface area contributed by atoms with Crippen LogP contribution in [0.4, 0.5) is 5.69 Å². The highest BCUT2D eigenvalue weighted by Crippen LogP contribution is 2.30. The van der Waals surface area contributed by atoms with E-state index < -0.39 is 12.2 Å². The van der Waals surface area contributed by atoms with Gasteiger partial charge in [-0.2, -0.15) is 5.10 Å². The molecule has 1 aromatic heterocycles. The molecule has 1 aliphatic rings. The summed E-state index contributed by atoms with van der Waals surface area (Å²) in [4.78, 5) is 15.5. The third-order valence-corrected chi connectivity index (χ3v) is 6.50. The monoisotopic (exact) mass is 486 g/mol. The maximum Gasteiger partial charge on any atom is 0.357 e.